The Morgan fingerprint density at radius 3 is 2.07 bits per heavy atom. The van der Waals surface area contributed by atoms with Crippen molar-refractivity contribution in [1.82, 2.24) is 0 Å². The highest BCUT2D eigenvalue weighted by atomic mass is 16.4. The third-order valence-electron chi connectivity index (χ3n) is 6.32. The number of aliphatic carboxylic acids is 1. The van der Waals surface area contributed by atoms with E-state index in [2.05, 4.69) is 0 Å². The number of rotatable bonds is 3. The van der Waals surface area contributed by atoms with E-state index in [-0.39, 0.29) is 5.92 Å². The van der Waals surface area contributed by atoms with Crippen LogP contribution in [0.2, 0.25) is 0 Å². The lowest BCUT2D eigenvalue weighted by Crippen LogP contribution is -2.59. The molecule has 1 saturated heterocycles. The number of hydrogen-bond acceptors (Lipinski definition) is 3. The van der Waals surface area contributed by atoms with E-state index in [0.717, 1.165) is 16.8 Å². The highest BCUT2D eigenvalue weighted by Gasteiger charge is 2.67. The lowest BCUT2D eigenvalue weighted by atomic mass is 9.73. The van der Waals surface area contributed by atoms with Crippen molar-refractivity contribution in [2.75, 3.05) is 4.90 Å². The normalized spacial score (nSPS) is 28.0. The van der Waals surface area contributed by atoms with Gasteiger partial charge < -0.3 is 15.1 Å². The lowest BCUT2D eigenvalue weighted by molar-refractivity contribution is -0.146. The van der Waals surface area contributed by atoms with Gasteiger partial charge in [-0.25, -0.2) is 4.79 Å². The summed E-state index contributed by atoms with van der Waals surface area (Å²) in [4.78, 5) is 14.7. The van der Waals surface area contributed by atoms with Gasteiger partial charge in [-0.15, -0.1) is 0 Å². The summed E-state index contributed by atoms with van der Waals surface area (Å²) in [5.41, 5.74) is 0.568. The molecule has 2 N–H and O–H groups in total. The minimum atomic E-state index is -1.40. The highest BCUT2D eigenvalue weighted by Crippen LogP contribution is 2.60. The summed E-state index contributed by atoms with van der Waals surface area (Å²) in [6, 6.07) is 26.6. The van der Waals surface area contributed by atoms with Gasteiger partial charge in [0.2, 0.25) is 0 Å². The summed E-state index contributed by atoms with van der Waals surface area (Å²) in [5.74, 6) is -1.18. The Morgan fingerprint density at radius 1 is 0.857 bits per heavy atom. The van der Waals surface area contributed by atoms with Crippen molar-refractivity contribution in [3.63, 3.8) is 0 Å². The maximum absolute atomic E-state index is 12.9. The largest absolute Gasteiger partial charge is 0.479 e. The Labute approximate surface area is 163 Å². The SMILES string of the molecule is O=C(O)C1(c2ccccc2)C2Cc3ccccc3N1C(O)(c1ccccc1)C2. The van der Waals surface area contributed by atoms with E-state index in [0.29, 0.717) is 18.4 Å². The van der Waals surface area contributed by atoms with Gasteiger partial charge in [-0.3, -0.25) is 0 Å². The van der Waals surface area contributed by atoms with E-state index in [9.17, 15) is 15.0 Å². The van der Waals surface area contributed by atoms with Crippen LogP contribution in [0.1, 0.15) is 23.1 Å². The monoisotopic (exact) mass is 371 g/mol. The van der Waals surface area contributed by atoms with Crippen LogP contribution in [0, 0.1) is 5.92 Å². The lowest BCUT2D eigenvalue weighted by Gasteiger charge is -2.48. The molecule has 0 aromatic heterocycles. The summed E-state index contributed by atoms with van der Waals surface area (Å²) >= 11 is 0. The second-order valence-electron chi connectivity index (χ2n) is 7.69. The first-order valence-electron chi connectivity index (χ1n) is 9.53. The average molecular weight is 371 g/mol. The number of anilines is 1. The van der Waals surface area contributed by atoms with Gasteiger partial charge in [0.15, 0.2) is 11.3 Å². The zero-order valence-electron chi connectivity index (χ0n) is 15.3. The van der Waals surface area contributed by atoms with Crippen molar-refractivity contribution in [2.45, 2.75) is 24.1 Å². The molecule has 28 heavy (non-hydrogen) atoms. The smallest absolute Gasteiger partial charge is 0.334 e. The zero-order valence-corrected chi connectivity index (χ0v) is 15.3. The van der Waals surface area contributed by atoms with Crippen LogP contribution in [0.4, 0.5) is 5.69 Å². The summed E-state index contributed by atoms with van der Waals surface area (Å²) in [6.45, 7) is 0. The minimum Gasteiger partial charge on any atom is -0.479 e. The van der Waals surface area contributed by atoms with Gasteiger partial charge in [-0.05, 0) is 23.6 Å². The summed E-state index contributed by atoms with van der Waals surface area (Å²) in [6.07, 6.45) is 0.968. The molecular weight excluding hydrogens is 350 g/mol. The predicted octanol–water partition coefficient (Wildman–Crippen LogP) is 3.89. The molecule has 0 saturated carbocycles. The molecule has 0 radical (unpaired) electrons. The molecule has 1 fully saturated rings. The molecule has 0 aliphatic carbocycles. The quantitative estimate of drug-likeness (QED) is 0.733. The number of carboxylic acid groups (broad SMARTS) is 1. The fourth-order valence-electron chi connectivity index (χ4n) is 5.24. The molecule has 3 aromatic carbocycles. The van der Waals surface area contributed by atoms with Gasteiger partial charge in [0.1, 0.15) is 0 Å². The highest BCUT2D eigenvalue weighted by molar-refractivity contribution is 5.89. The molecule has 0 amide bonds. The predicted molar refractivity (Wildman–Crippen MR) is 107 cm³/mol. The molecule has 140 valence electrons. The van der Waals surface area contributed by atoms with Crippen molar-refractivity contribution in [3.05, 3.63) is 102 Å². The Bertz CT molecular complexity index is 1040. The third kappa shape index (κ3) is 2.06. The Morgan fingerprint density at radius 2 is 1.43 bits per heavy atom. The molecule has 3 unspecified atom stereocenters. The first-order chi connectivity index (χ1) is 13.6. The number of benzene rings is 3. The fourth-order valence-corrected chi connectivity index (χ4v) is 5.24. The van der Waals surface area contributed by atoms with E-state index in [1.54, 1.807) is 4.90 Å². The van der Waals surface area contributed by atoms with E-state index in [4.69, 9.17) is 0 Å². The number of nitrogens with zero attached hydrogens (tertiary/aromatic N) is 1. The Kier molecular flexibility index (Phi) is 3.61. The van der Waals surface area contributed by atoms with Crippen molar-refractivity contribution < 1.29 is 15.0 Å². The minimum absolute atomic E-state index is 0.257. The number of aliphatic hydroxyl groups is 1. The van der Waals surface area contributed by atoms with Crippen molar-refractivity contribution in [3.8, 4) is 0 Å². The molecule has 2 heterocycles. The molecule has 2 aliphatic heterocycles. The molecule has 3 aromatic rings. The van der Waals surface area contributed by atoms with E-state index in [1.165, 1.54) is 0 Å². The fraction of sp³-hybridized carbons (Fsp3) is 0.208. The van der Waals surface area contributed by atoms with Crippen LogP contribution in [0.3, 0.4) is 0 Å². The van der Waals surface area contributed by atoms with Gasteiger partial charge in [0, 0.05) is 23.6 Å². The molecule has 4 nitrogen and oxygen atoms in total. The summed E-state index contributed by atoms with van der Waals surface area (Å²) in [7, 11) is 0. The van der Waals surface area contributed by atoms with Crippen LogP contribution in [0.5, 0.6) is 0 Å². The number of hydrogen-bond donors (Lipinski definition) is 2. The van der Waals surface area contributed by atoms with Crippen molar-refractivity contribution >= 4 is 11.7 Å². The maximum Gasteiger partial charge on any atom is 0.334 e. The topological polar surface area (TPSA) is 60.8 Å². The van der Waals surface area contributed by atoms with E-state index >= 15 is 0 Å². The summed E-state index contributed by atoms with van der Waals surface area (Å²) in [5, 5.41) is 22.6. The van der Waals surface area contributed by atoms with Gasteiger partial charge >= 0.3 is 5.97 Å². The second kappa shape index (κ2) is 5.94. The van der Waals surface area contributed by atoms with E-state index < -0.39 is 17.2 Å². The van der Waals surface area contributed by atoms with Gasteiger partial charge in [-0.1, -0.05) is 78.9 Å². The molecule has 0 spiro atoms. The van der Waals surface area contributed by atoms with Gasteiger partial charge in [0.05, 0.1) is 0 Å². The molecule has 5 rings (SSSR count). The molecule has 4 heteroatoms. The summed E-state index contributed by atoms with van der Waals surface area (Å²) < 4.78 is 0. The molecule has 2 aliphatic rings. The van der Waals surface area contributed by atoms with Crippen LogP contribution in [-0.2, 0) is 22.5 Å². The number of carboxylic acids is 1. The van der Waals surface area contributed by atoms with Crippen LogP contribution < -0.4 is 4.90 Å². The van der Waals surface area contributed by atoms with E-state index in [1.807, 2.05) is 84.9 Å². The zero-order chi connectivity index (χ0) is 19.4. The Hall–Kier alpha value is -3.11. The number of carbonyl (C=O) groups is 1. The van der Waals surface area contributed by atoms with Gasteiger partial charge in [-0.2, -0.15) is 0 Å². The van der Waals surface area contributed by atoms with Crippen LogP contribution in [-0.4, -0.2) is 16.2 Å². The molecular formula is C24H21NO3. The molecule has 2 bridgehead atoms. The van der Waals surface area contributed by atoms with Crippen molar-refractivity contribution in [1.29, 1.82) is 0 Å². The average Bonchev–Trinajstić information content (AvgIpc) is 2.92. The number of para-hydroxylation sites is 1. The van der Waals surface area contributed by atoms with Crippen molar-refractivity contribution in [2.24, 2.45) is 5.92 Å². The number of fused-ring (bicyclic) bond motifs is 4. The first-order valence-corrected chi connectivity index (χ1v) is 9.53. The van der Waals surface area contributed by atoms with Crippen LogP contribution in [0.15, 0.2) is 84.9 Å². The Balaban J connectivity index is 1.84. The molecule has 3 atom stereocenters. The standard InChI is InChI=1S/C24H21NO3/c26-22(27)24(19-12-5-2-6-13-19)20-15-17-9-7-8-14-21(17)25(24)23(28,16-20)18-10-3-1-4-11-18/h1-14,20,28H,15-16H2,(H,26,27). The third-order valence-corrected chi connectivity index (χ3v) is 6.32. The van der Waals surface area contributed by atoms with Crippen LogP contribution in [0.25, 0.3) is 0 Å². The first kappa shape index (κ1) is 17.0. The van der Waals surface area contributed by atoms with Crippen LogP contribution >= 0.6 is 0 Å². The second-order valence-corrected chi connectivity index (χ2v) is 7.69. The maximum atomic E-state index is 12.9. The van der Waals surface area contributed by atoms with Gasteiger partial charge in [0.25, 0.3) is 0 Å².